The zero-order valence-electron chi connectivity index (χ0n) is 14.9. The molecule has 4 aromatic rings. The topological polar surface area (TPSA) is 123 Å². The van der Waals surface area contributed by atoms with Gasteiger partial charge < -0.3 is 10.2 Å². The van der Waals surface area contributed by atoms with Crippen LogP contribution in [0.1, 0.15) is 17.3 Å². The largest absolute Gasteiger partial charge is 0.417 e. The van der Waals surface area contributed by atoms with Crippen LogP contribution in [-0.4, -0.2) is 26.3 Å². The molecule has 0 radical (unpaired) electrons. The van der Waals surface area contributed by atoms with Gasteiger partial charge in [0.05, 0.1) is 17.9 Å². The molecule has 0 bridgehead atoms. The number of fused-ring (bicyclic) bond motifs is 1. The first-order chi connectivity index (χ1) is 13.6. The molecule has 4 N–H and O–H groups in total. The molecule has 152 valence electrons. The van der Waals surface area contributed by atoms with Gasteiger partial charge in [-0.15, -0.1) is 23.7 Å². The molecule has 3 aromatic heterocycles. The van der Waals surface area contributed by atoms with E-state index in [9.17, 15) is 14.0 Å². The van der Waals surface area contributed by atoms with E-state index >= 15 is 0 Å². The highest BCUT2D eigenvalue weighted by molar-refractivity contribution is 7.15. The lowest BCUT2D eigenvalue weighted by Crippen LogP contribution is -2.23. The molecule has 8 nitrogen and oxygen atoms in total. The van der Waals surface area contributed by atoms with Gasteiger partial charge in [0.25, 0.3) is 0 Å². The van der Waals surface area contributed by atoms with Gasteiger partial charge in [-0.2, -0.15) is 5.10 Å². The van der Waals surface area contributed by atoms with Crippen LogP contribution >= 0.6 is 23.7 Å². The lowest BCUT2D eigenvalue weighted by Gasteiger charge is -2.16. The second kappa shape index (κ2) is 8.60. The third kappa shape index (κ3) is 4.09. The van der Waals surface area contributed by atoms with Gasteiger partial charge in [0.1, 0.15) is 6.33 Å². The standard InChI is InChI=1S/C18H16FN5O3S.ClH/c19-7-10(8-20)5-13(24-9-21-23-17(24)25)16-4-3-15(28-16)11-1-2-14-12(6-11)22-18(26)27-14;/h1-4,6-7,9,13H,5,8,20H2,(H,22,26)(H,23,25);1H/b10-7+;. The van der Waals surface area contributed by atoms with Crippen molar-refractivity contribution in [3.8, 4) is 10.4 Å². The number of aromatic nitrogens is 4. The third-order valence-corrected chi connectivity index (χ3v) is 5.68. The maximum absolute atomic E-state index is 13.1. The molecular weight excluding hydrogens is 421 g/mol. The van der Waals surface area contributed by atoms with Crippen molar-refractivity contribution in [2.45, 2.75) is 12.5 Å². The summed E-state index contributed by atoms with van der Waals surface area (Å²) < 4.78 is 19.6. The molecule has 0 aliphatic heterocycles. The molecular formula is C18H17ClFN5O3S. The molecule has 0 fully saturated rings. The van der Waals surface area contributed by atoms with Gasteiger partial charge in [-0.3, -0.25) is 9.55 Å². The summed E-state index contributed by atoms with van der Waals surface area (Å²) in [5.74, 6) is -0.509. The number of H-pyrrole nitrogens is 2. The highest BCUT2D eigenvalue weighted by Crippen LogP contribution is 2.35. The summed E-state index contributed by atoms with van der Waals surface area (Å²) in [5, 5.41) is 6.13. The Morgan fingerprint density at radius 1 is 1.34 bits per heavy atom. The summed E-state index contributed by atoms with van der Waals surface area (Å²) in [7, 11) is 0. The summed E-state index contributed by atoms with van der Waals surface area (Å²) in [5.41, 5.74) is 7.58. The van der Waals surface area contributed by atoms with Crippen LogP contribution < -0.4 is 17.2 Å². The molecule has 4 rings (SSSR count). The summed E-state index contributed by atoms with van der Waals surface area (Å²) >= 11 is 1.46. The van der Waals surface area contributed by atoms with Crippen molar-refractivity contribution in [1.82, 2.24) is 19.7 Å². The highest BCUT2D eigenvalue weighted by atomic mass is 35.5. The quantitative estimate of drug-likeness (QED) is 0.428. The van der Waals surface area contributed by atoms with Gasteiger partial charge in [-0.1, -0.05) is 0 Å². The molecule has 0 aliphatic carbocycles. The minimum absolute atomic E-state index is 0. The zero-order valence-corrected chi connectivity index (χ0v) is 16.6. The predicted molar refractivity (Wildman–Crippen MR) is 111 cm³/mol. The summed E-state index contributed by atoms with van der Waals surface area (Å²) in [4.78, 5) is 27.8. The molecule has 0 spiro atoms. The monoisotopic (exact) mass is 437 g/mol. The fourth-order valence-corrected chi connectivity index (χ4v) is 4.13. The average Bonchev–Trinajstić information content (AvgIpc) is 3.41. The van der Waals surface area contributed by atoms with Crippen LogP contribution in [0.3, 0.4) is 0 Å². The van der Waals surface area contributed by atoms with Crippen LogP contribution in [-0.2, 0) is 0 Å². The van der Waals surface area contributed by atoms with Crippen molar-refractivity contribution in [3.63, 3.8) is 0 Å². The molecule has 0 amide bonds. The predicted octanol–water partition coefficient (Wildman–Crippen LogP) is 2.95. The van der Waals surface area contributed by atoms with Gasteiger partial charge in [-0.25, -0.2) is 19.1 Å². The van der Waals surface area contributed by atoms with E-state index in [0.717, 1.165) is 15.3 Å². The number of benzene rings is 1. The Kier molecular flexibility index (Phi) is 6.16. The lowest BCUT2D eigenvalue weighted by atomic mass is 10.1. The molecule has 11 heteroatoms. The number of nitrogens with zero attached hydrogens (tertiary/aromatic N) is 2. The van der Waals surface area contributed by atoms with Crippen LogP contribution in [0.15, 0.2) is 62.6 Å². The number of rotatable bonds is 6. The Morgan fingerprint density at radius 2 is 2.17 bits per heavy atom. The smallest absolute Gasteiger partial charge is 0.408 e. The maximum Gasteiger partial charge on any atom is 0.417 e. The Hall–Kier alpha value is -2.95. The molecule has 1 unspecified atom stereocenters. The van der Waals surface area contributed by atoms with Crippen LogP contribution in [0.4, 0.5) is 4.39 Å². The highest BCUT2D eigenvalue weighted by Gasteiger charge is 2.20. The first kappa shape index (κ1) is 20.8. The number of aromatic amines is 2. The molecule has 3 heterocycles. The van der Waals surface area contributed by atoms with E-state index in [1.807, 2.05) is 24.3 Å². The number of halogens is 2. The van der Waals surface area contributed by atoms with E-state index < -0.39 is 11.8 Å². The second-order valence-electron chi connectivity index (χ2n) is 6.19. The SMILES string of the molecule is Cl.NC/C(=C/F)CC(c1ccc(-c2ccc3oc(=O)[nH]c3c2)s1)n1cn[nH]c1=O. The van der Waals surface area contributed by atoms with Crippen molar-refractivity contribution in [3.05, 3.63) is 74.5 Å². The zero-order chi connectivity index (χ0) is 19.7. The molecule has 29 heavy (non-hydrogen) atoms. The number of hydrogen-bond acceptors (Lipinski definition) is 6. The molecule has 0 saturated carbocycles. The average molecular weight is 438 g/mol. The summed E-state index contributed by atoms with van der Waals surface area (Å²) in [6.45, 7) is 0.0579. The minimum Gasteiger partial charge on any atom is -0.408 e. The number of nitrogens with two attached hydrogens (primary N) is 1. The Morgan fingerprint density at radius 3 is 2.86 bits per heavy atom. The van der Waals surface area contributed by atoms with E-state index in [4.69, 9.17) is 10.2 Å². The van der Waals surface area contributed by atoms with E-state index in [0.29, 0.717) is 23.0 Å². The van der Waals surface area contributed by atoms with Crippen molar-refractivity contribution in [1.29, 1.82) is 0 Å². The second-order valence-corrected chi connectivity index (χ2v) is 7.30. The number of oxazole rings is 1. The van der Waals surface area contributed by atoms with Gasteiger partial charge in [0, 0.05) is 16.3 Å². The first-order valence-electron chi connectivity index (χ1n) is 8.41. The third-order valence-electron chi connectivity index (χ3n) is 4.44. The van der Waals surface area contributed by atoms with Gasteiger partial charge in [-0.05, 0) is 47.9 Å². The number of nitrogens with one attached hydrogen (secondary N) is 2. The molecule has 0 saturated heterocycles. The summed E-state index contributed by atoms with van der Waals surface area (Å²) in [6.07, 6.45) is 2.12. The minimum atomic E-state index is -0.509. The Balaban J connectivity index is 0.00000240. The van der Waals surface area contributed by atoms with E-state index in [1.165, 1.54) is 22.2 Å². The van der Waals surface area contributed by atoms with Gasteiger partial charge in [0.15, 0.2) is 5.58 Å². The molecule has 1 atom stereocenters. The van der Waals surface area contributed by atoms with Crippen LogP contribution in [0.25, 0.3) is 21.5 Å². The number of thiophene rings is 1. The maximum atomic E-state index is 13.1. The first-order valence-corrected chi connectivity index (χ1v) is 9.23. The van der Waals surface area contributed by atoms with Gasteiger partial charge >= 0.3 is 11.4 Å². The lowest BCUT2D eigenvalue weighted by molar-refractivity contribution is 0.555. The fourth-order valence-electron chi connectivity index (χ4n) is 3.03. The van der Waals surface area contributed by atoms with E-state index in [1.54, 1.807) is 6.07 Å². The van der Waals surface area contributed by atoms with Crippen molar-refractivity contribution < 1.29 is 8.81 Å². The van der Waals surface area contributed by atoms with Crippen molar-refractivity contribution >= 4 is 34.8 Å². The van der Waals surface area contributed by atoms with E-state index in [-0.39, 0.29) is 31.1 Å². The van der Waals surface area contributed by atoms with Gasteiger partial charge in [0.2, 0.25) is 0 Å². The summed E-state index contributed by atoms with van der Waals surface area (Å²) in [6, 6.07) is 8.76. The van der Waals surface area contributed by atoms with E-state index in [2.05, 4.69) is 15.2 Å². The van der Waals surface area contributed by atoms with Crippen molar-refractivity contribution in [2.75, 3.05) is 6.54 Å². The van der Waals surface area contributed by atoms with Crippen LogP contribution in [0, 0.1) is 0 Å². The Labute approximate surface area is 173 Å². The fraction of sp³-hybridized carbons (Fsp3) is 0.167. The normalized spacial score (nSPS) is 12.8. The number of hydrogen-bond donors (Lipinski definition) is 3. The Bertz CT molecular complexity index is 1270. The van der Waals surface area contributed by atoms with Crippen LogP contribution in [0.2, 0.25) is 0 Å². The molecule has 1 aromatic carbocycles. The van der Waals surface area contributed by atoms with Crippen molar-refractivity contribution in [2.24, 2.45) is 5.73 Å². The van der Waals surface area contributed by atoms with Crippen LogP contribution in [0.5, 0.6) is 0 Å². The molecule has 0 aliphatic rings.